The summed E-state index contributed by atoms with van der Waals surface area (Å²) in [5, 5.41) is 0. The minimum atomic E-state index is -4.71. The Morgan fingerprint density at radius 2 is 2.19 bits per heavy atom. The van der Waals surface area contributed by atoms with Gasteiger partial charge in [0.1, 0.15) is 5.75 Å². The van der Waals surface area contributed by atoms with E-state index < -0.39 is 6.36 Å². The van der Waals surface area contributed by atoms with Crippen LogP contribution in [0.1, 0.15) is 11.6 Å². The van der Waals surface area contributed by atoms with Crippen LogP contribution in [0.15, 0.2) is 29.3 Å². The van der Waals surface area contributed by atoms with Gasteiger partial charge in [0.15, 0.2) is 5.96 Å². The molecule has 5 nitrogen and oxygen atoms in total. The summed E-state index contributed by atoms with van der Waals surface area (Å²) in [6.45, 7) is 1.36. The quantitative estimate of drug-likeness (QED) is 0.902. The molecule has 0 saturated carbocycles. The summed E-state index contributed by atoms with van der Waals surface area (Å²) in [5.41, 5.74) is 6.46. The molecule has 1 unspecified atom stereocenters. The van der Waals surface area contributed by atoms with Crippen molar-refractivity contribution in [1.82, 2.24) is 4.90 Å². The smallest absolute Gasteiger partial charge is 0.406 e. The fourth-order valence-corrected chi connectivity index (χ4v) is 2.19. The third kappa shape index (κ3) is 4.01. The second kappa shape index (κ2) is 6.21. The molecule has 8 heteroatoms. The van der Waals surface area contributed by atoms with Crippen LogP contribution in [0.25, 0.3) is 0 Å². The number of ether oxygens (including phenoxy) is 2. The first kappa shape index (κ1) is 15.4. The molecule has 1 aromatic rings. The van der Waals surface area contributed by atoms with Gasteiger partial charge < -0.3 is 20.1 Å². The van der Waals surface area contributed by atoms with Crippen LogP contribution >= 0.6 is 0 Å². The number of nitrogens with two attached hydrogens (primary N) is 1. The van der Waals surface area contributed by atoms with Crippen molar-refractivity contribution in [2.45, 2.75) is 12.4 Å². The fraction of sp³-hybridized carbons (Fsp3) is 0.462. The maximum absolute atomic E-state index is 12.3. The summed E-state index contributed by atoms with van der Waals surface area (Å²) < 4.78 is 45.7. The molecule has 0 fully saturated rings. The molecule has 1 heterocycles. The highest BCUT2D eigenvalue weighted by Gasteiger charge is 2.32. The van der Waals surface area contributed by atoms with Crippen LogP contribution in [-0.2, 0) is 4.74 Å². The summed E-state index contributed by atoms with van der Waals surface area (Å²) >= 11 is 0. The van der Waals surface area contributed by atoms with Crippen LogP contribution < -0.4 is 10.5 Å². The van der Waals surface area contributed by atoms with Gasteiger partial charge in [0, 0.05) is 13.7 Å². The molecule has 116 valence electrons. The van der Waals surface area contributed by atoms with Gasteiger partial charge in [-0.1, -0.05) is 12.1 Å². The van der Waals surface area contributed by atoms with Crippen molar-refractivity contribution in [3.05, 3.63) is 29.8 Å². The van der Waals surface area contributed by atoms with E-state index in [1.165, 1.54) is 18.2 Å². The molecule has 0 spiro atoms. The predicted octanol–water partition coefficient (Wildman–Crippen LogP) is 1.90. The molecule has 2 N–H and O–H groups in total. The molecule has 1 aromatic carbocycles. The van der Waals surface area contributed by atoms with Crippen LogP contribution in [0.4, 0.5) is 13.2 Å². The zero-order valence-electron chi connectivity index (χ0n) is 11.4. The molecule has 0 amide bonds. The minimum absolute atomic E-state index is 0.211. The van der Waals surface area contributed by atoms with Crippen molar-refractivity contribution in [3.8, 4) is 5.75 Å². The summed E-state index contributed by atoms with van der Waals surface area (Å²) in [7, 11) is 1.57. The molecule has 0 bridgehead atoms. The first-order chi connectivity index (χ1) is 9.90. The van der Waals surface area contributed by atoms with Crippen molar-refractivity contribution in [3.63, 3.8) is 0 Å². The lowest BCUT2D eigenvalue weighted by Crippen LogP contribution is -2.38. The summed E-state index contributed by atoms with van der Waals surface area (Å²) in [6, 6.07) is 5.64. The van der Waals surface area contributed by atoms with Gasteiger partial charge >= 0.3 is 6.36 Å². The van der Waals surface area contributed by atoms with Crippen molar-refractivity contribution in [2.75, 3.05) is 26.8 Å². The van der Waals surface area contributed by atoms with Crippen LogP contribution in [0.3, 0.4) is 0 Å². The zero-order chi connectivity index (χ0) is 15.5. The molecule has 21 heavy (non-hydrogen) atoms. The van der Waals surface area contributed by atoms with E-state index >= 15 is 0 Å². The van der Waals surface area contributed by atoms with Gasteiger partial charge in [-0.05, 0) is 17.7 Å². The van der Waals surface area contributed by atoms with E-state index in [2.05, 4.69) is 9.73 Å². The molecule has 0 radical (unpaired) electrons. The van der Waals surface area contributed by atoms with E-state index in [0.29, 0.717) is 31.2 Å². The number of aliphatic imine (C=N–C) groups is 1. The number of methoxy groups -OCH3 is 1. The third-order valence-corrected chi connectivity index (χ3v) is 3.11. The largest absolute Gasteiger partial charge is 0.573 e. The van der Waals surface area contributed by atoms with E-state index in [-0.39, 0.29) is 11.8 Å². The van der Waals surface area contributed by atoms with E-state index in [0.717, 1.165) is 0 Å². The molecular formula is C13H16F3N3O2. The minimum Gasteiger partial charge on any atom is -0.406 e. The number of rotatable bonds is 5. The van der Waals surface area contributed by atoms with Gasteiger partial charge in [-0.3, -0.25) is 4.99 Å². The number of hydrogen-bond donors (Lipinski definition) is 1. The van der Waals surface area contributed by atoms with E-state index in [1.807, 2.05) is 0 Å². The standard InChI is InChI=1S/C13H16F3N3O2/c1-20-6-5-19-11(8-18-12(19)17)9-3-2-4-10(7-9)21-13(14,15)16/h2-4,7,11H,5-6,8H2,1H3,(H2,17,18). The van der Waals surface area contributed by atoms with Crippen molar-refractivity contribution < 1.29 is 22.6 Å². The maximum atomic E-state index is 12.3. The SMILES string of the molecule is COCCN1C(N)=NCC1c1cccc(OC(F)(F)F)c1. The summed E-state index contributed by atoms with van der Waals surface area (Å²) in [6.07, 6.45) is -4.71. The topological polar surface area (TPSA) is 60.1 Å². The lowest BCUT2D eigenvalue weighted by molar-refractivity contribution is -0.274. The summed E-state index contributed by atoms with van der Waals surface area (Å²) in [5.74, 6) is 0.108. The highest BCUT2D eigenvalue weighted by atomic mass is 19.4. The van der Waals surface area contributed by atoms with Crippen LogP contribution in [0.2, 0.25) is 0 Å². The first-order valence-corrected chi connectivity index (χ1v) is 6.32. The van der Waals surface area contributed by atoms with Crippen molar-refractivity contribution >= 4 is 5.96 Å². The van der Waals surface area contributed by atoms with Gasteiger partial charge in [0.25, 0.3) is 0 Å². The van der Waals surface area contributed by atoms with Crippen LogP contribution in [-0.4, -0.2) is 44.0 Å². The fourth-order valence-electron chi connectivity index (χ4n) is 2.19. The Labute approximate surface area is 120 Å². The average molecular weight is 303 g/mol. The van der Waals surface area contributed by atoms with Gasteiger partial charge in [0.2, 0.25) is 0 Å². The Hall–Kier alpha value is -1.96. The maximum Gasteiger partial charge on any atom is 0.573 e. The van der Waals surface area contributed by atoms with Gasteiger partial charge in [-0.15, -0.1) is 13.2 Å². The Morgan fingerprint density at radius 3 is 2.86 bits per heavy atom. The lowest BCUT2D eigenvalue weighted by Gasteiger charge is -2.26. The molecule has 2 rings (SSSR count). The molecule has 1 aliphatic heterocycles. The normalized spacial score (nSPS) is 18.8. The average Bonchev–Trinajstić information content (AvgIpc) is 2.76. The monoisotopic (exact) mass is 303 g/mol. The second-order valence-electron chi connectivity index (χ2n) is 4.52. The van der Waals surface area contributed by atoms with E-state index in [4.69, 9.17) is 10.5 Å². The van der Waals surface area contributed by atoms with E-state index in [9.17, 15) is 13.2 Å². The van der Waals surface area contributed by atoms with E-state index in [1.54, 1.807) is 18.1 Å². The zero-order valence-corrected chi connectivity index (χ0v) is 11.4. The number of hydrogen-bond acceptors (Lipinski definition) is 5. The van der Waals surface area contributed by atoms with Gasteiger partial charge in [-0.2, -0.15) is 0 Å². The molecule has 1 atom stereocenters. The number of benzene rings is 1. The van der Waals surface area contributed by atoms with Gasteiger partial charge in [0.05, 0.1) is 19.2 Å². The Morgan fingerprint density at radius 1 is 1.43 bits per heavy atom. The van der Waals surface area contributed by atoms with Crippen molar-refractivity contribution in [2.24, 2.45) is 10.7 Å². The highest BCUT2D eigenvalue weighted by molar-refractivity contribution is 5.80. The highest BCUT2D eigenvalue weighted by Crippen LogP contribution is 2.30. The number of nitrogens with zero attached hydrogens (tertiary/aromatic N) is 2. The molecule has 1 aliphatic rings. The number of halogens is 3. The Kier molecular flexibility index (Phi) is 4.56. The molecular weight excluding hydrogens is 287 g/mol. The van der Waals surface area contributed by atoms with Crippen LogP contribution in [0.5, 0.6) is 5.75 Å². The molecule has 0 aliphatic carbocycles. The molecule has 0 saturated heterocycles. The second-order valence-corrected chi connectivity index (χ2v) is 4.52. The number of guanidine groups is 1. The first-order valence-electron chi connectivity index (χ1n) is 6.32. The van der Waals surface area contributed by atoms with Gasteiger partial charge in [-0.25, -0.2) is 0 Å². The van der Waals surface area contributed by atoms with Crippen LogP contribution in [0, 0.1) is 0 Å². The Balaban J connectivity index is 2.15. The predicted molar refractivity (Wildman–Crippen MR) is 70.9 cm³/mol. The number of alkyl halides is 3. The lowest BCUT2D eigenvalue weighted by atomic mass is 10.1. The summed E-state index contributed by atoms with van der Waals surface area (Å²) in [4.78, 5) is 5.94. The Bertz CT molecular complexity index is 520. The third-order valence-electron chi connectivity index (χ3n) is 3.11. The molecule has 0 aromatic heterocycles. The van der Waals surface area contributed by atoms with Crippen molar-refractivity contribution in [1.29, 1.82) is 0 Å².